The minimum atomic E-state index is -0.783. The fourth-order valence-electron chi connectivity index (χ4n) is 5.82. The number of thioether (sulfide) groups is 1. The number of likely N-dealkylation sites (tertiary alicyclic amines) is 1. The summed E-state index contributed by atoms with van der Waals surface area (Å²) < 4.78 is 15.1. The molecular weight excluding hydrogens is 551 g/mol. The van der Waals surface area contributed by atoms with Gasteiger partial charge in [-0.2, -0.15) is 0 Å². The minimum Gasteiger partial charge on any atom is -0.378 e. The zero-order valence-electron chi connectivity index (χ0n) is 22.2. The van der Waals surface area contributed by atoms with E-state index in [1.54, 1.807) is 4.90 Å². The summed E-state index contributed by atoms with van der Waals surface area (Å²) in [6, 6.07) is 13.1. The highest BCUT2D eigenvalue weighted by atomic mass is 32.2. The summed E-state index contributed by atoms with van der Waals surface area (Å²) >= 11 is 2.24. The van der Waals surface area contributed by atoms with Gasteiger partial charge in [-0.1, -0.05) is 35.2 Å². The van der Waals surface area contributed by atoms with Gasteiger partial charge in [-0.3, -0.25) is 23.7 Å². The van der Waals surface area contributed by atoms with E-state index in [2.05, 4.69) is 0 Å². The van der Waals surface area contributed by atoms with Crippen molar-refractivity contribution in [2.45, 2.75) is 42.0 Å². The molecule has 2 fully saturated rings. The molecular formula is C29H29FN4O4S2. The summed E-state index contributed by atoms with van der Waals surface area (Å²) in [7, 11) is 3.87. The van der Waals surface area contributed by atoms with Crippen LogP contribution in [0.1, 0.15) is 35.6 Å². The van der Waals surface area contributed by atoms with Gasteiger partial charge in [-0.25, -0.2) is 9.29 Å². The second-order valence-electron chi connectivity index (χ2n) is 10.6. The van der Waals surface area contributed by atoms with E-state index in [0.29, 0.717) is 28.7 Å². The molecule has 11 heteroatoms. The molecule has 0 aliphatic carbocycles. The third-order valence-electron chi connectivity index (χ3n) is 7.90. The van der Waals surface area contributed by atoms with Crippen LogP contribution in [0.5, 0.6) is 0 Å². The standard InChI is InChI=1S/C29H29FN4O4S2/c1-31(2)19-10-6-17(7-11-19)22-23-24(27(37)34(26(23)36)20-12-8-18(30)9-13-20)39-28-25(22)40-29(38)33(28)16-21(35)32-14-4-3-5-15-32/h6-13,22-24H,3-5,14-16H2,1-2H3/t22-,23?,24?/m1/s1. The van der Waals surface area contributed by atoms with Crippen molar-refractivity contribution in [2.75, 3.05) is 37.0 Å². The van der Waals surface area contributed by atoms with Crippen molar-refractivity contribution in [3.8, 4) is 0 Å². The van der Waals surface area contributed by atoms with Gasteiger partial charge in [0.05, 0.1) is 16.6 Å². The fourth-order valence-corrected chi connectivity index (χ4v) is 8.59. The maximum absolute atomic E-state index is 13.9. The first-order chi connectivity index (χ1) is 19.2. The number of benzene rings is 2. The summed E-state index contributed by atoms with van der Waals surface area (Å²) in [5, 5.41) is -0.209. The van der Waals surface area contributed by atoms with Gasteiger partial charge in [0.25, 0.3) is 0 Å². The average molecular weight is 581 g/mol. The number of aromatic nitrogens is 1. The Hall–Kier alpha value is -3.44. The molecule has 1 aromatic heterocycles. The highest BCUT2D eigenvalue weighted by Crippen LogP contribution is 2.54. The third kappa shape index (κ3) is 4.54. The Morgan fingerprint density at radius 2 is 1.62 bits per heavy atom. The molecule has 0 radical (unpaired) electrons. The Balaban J connectivity index is 1.43. The van der Waals surface area contributed by atoms with Crippen LogP contribution in [-0.2, 0) is 20.9 Å². The molecule has 3 aliphatic heterocycles. The molecule has 0 saturated carbocycles. The zero-order valence-corrected chi connectivity index (χ0v) is 23.8. The Bertz CT molecular complexity index is 1530. The van der Waals surface area contributed by atoms with Crippen molar-refractivity contribution in [3.63, 3.8) is 0 Å². The quantitative estimate of drug-likeness (QED) is 0.426. The molecule has 3 aliphatic rings. The summed E-state index contributed by atoms with van der Waals surface area (Å²) in [4.78, 5) is 59.5. The van der Waals surface area contributed by atoms with Gasteiger partial charge >= 0.3 is 4.87 Å². The average Bonchev–Trinajstić information content (AvgIpc) is 3.40. The molecule has 2 aromatic carbocycles. The van der Waals surface area contributed by atoms with Crippen molar-refractivity contribution in [3.05, 3.63) is 74.5 Å². The fraction of sp³-hybridized carbons (Fsp3) is 0.379. The number of halogens is 1. The van der Waals surface area contributed by atoms with E-state index < -0.39 is 28.8 Å². The van der Waals surface area contributed by atoms with E-state index >= 15 is 0 Å². The smallest absolute Gasteiger partial charge is 0.308 e. The number of hydrogen-bond donors (Lipinski definition) is 0. The SMILES string of the molecule is CN(C)c1ccc([C@H]2c3sc(=O)n(CC(=O)N4CCCCC4)c3SC3C(=O)N(c4ccc(F)cc4)C(=O)C32)cc1. The molecule has 0 spiro atoms. The number of rotatable bonds is 5. The van der Waals surface area contributed by atoms with Gasteiger partial charge in [0.15, 0.2) is 0 Å². The van der Waals surface area contributed by atoms with Crippen molar-refractivity contribution >= 4 is 52.2 Å². The number of hydrogen-bond acceptors (Lipinski definition) is 7. The zero-order chi connectivity index (χ0) is 28.1. The highest BCUT2D eigenvalue weighted by molar-refractivity contribution is 8.00. The second-order valence-corrected chi connectivity index (χ2v) is 12.7. The first kappa shape index (κ1) is 26.8. The number of piperidine rings is 1. The maximum Gasteiger partial charge on any atom is 0.308 e. The molecule has 3 amide bonds. The monoisotopic (exact) mass is 580 g/mol. The van der Waals surface area contributed by atoms with Gasteiger partial charge in [-0.15, -0.1) is 0 Å². The lowest BCUT2D eigenvalue weighted by molar-refractivity contribution is -0.133. The van der Waals surface area contributed by atoms with E-state index in [1.807, 2.05) is 43.3 Å². The molecule has 2 unspecified atom stereocenters. The number of carbonyl (C=O) groups excluding carboxylic acids is 3. The summed E-state index contributed by atoms with van der Waals surface area (Å²) in [6.07, 6.45) is 2.98. The van der Waals surface area contributed by atoms with Crippen LogP contribution in [0.25, 0.3) is 0 Å². The van der Waals surface area contributed by atoms with Crippen molar-refractivity contribution in [1.82, 2.24) is 9.47 Å². The van der Waals surface area contributed by atoms with E-state index in [4.69, 9.17) is 0 Å². The van der Waals surface area contributed by atoms with E-state index in [-0.39, 0.29) is 23.2 Å². The number of thiazole rings is 1. The Labute approximate surface area is 239 Å². The van der Waals surface area contributed by atoms with Gasteiger partial charge in [0, 0.05) is 43.7 Å². The lowest BCUT2D eigenvalue weighted by Gasteiger charge is -2.31. The molecule has 0 bridgehead atoms. The number of nitrogens with zero attached hydrogens (tertiary/aromatic N) is 4. The molecule has 2 saturated heterocycles. The molecule has 3 atom stereocenters. The molecule has 0 N–H and O–H groups in total. The number of amides is 3. The van der Waals surface area contributed by atoms with Gasteiger partial charge in [0.2, 0.25) is 17.7 Å². The van der Waals surface area contributed by atoms with E-state index in [1.165, 1.54) is 40.6 Å². The van der Waals surface area contributed by atoms with Crippen LogP contribution in [0.3, 0.4) is 0 Å². The van der Waals surface area contributed by atoms with Crippen LogP contribution in [-0.4, -0.2) is 59.6 Å². The number of fused-ring (bicyclic) bond motifs is 2. The first-order valence-electron chi connectivity index (χ1n) is 13.3. The number of imide groups is 1. The summed E-state index contributed by atoms with van der Waals surface area (Å²) in [6.45, 7) is 1.27. The first-order valence-corrected chi connectivity index (χ1v) is 15.0. The largest absolute Gasteiger partial charge is 0.378 e. The van der Waals surface area contributed by atoms with Crippen LogP contribution >= 0.6 is 23.1 Å². The molecule has 40 heavy (non-hydrogen) atoms. The van der Waals surface area contributed by atoms with Gasteiger partial charge in [-0.05, 0) is 61.2 Å². The normalized spacial score (nSPS) is 22.3. The minimum absolute atomic E-state index is 0.0921. The number of carbonyl (C=O) groups is 3. The van der Waals surface area contributed by atoms with E-state index in [0.717, 1.165) is 46.7 Å². The molecule has 4 heterocycles. The maximum atomic E-state index is 13.9. The number of anilines is 2. The van der Waals surface area contributed by atoms with Crippen LogP contribution in [0, 0.1) is 11.7 Å². The molecule has 6 rings (SSSR count). The Morgan fingerprint density at radius 1 is 0.950 bits per heavy atom. The van der Waals surface area contributed by atoms with Gasteiger partial charge < -0.3 is 9.80 Å². The molecule has 8 nitrogen and oxygen atoms in total. The van der Waals surface area contributed by atoms with Gasteiger partial charge in [0.1, 0.15) is 17.6 Å². The molecule has 208 valence electrons. The summed E-state index contributed by atoms with van der Waals surface area (Å²) in [5.41, 5.74) is 2.11. The van der Waals surface area contributed by atoms with Crippen LogP contribution in [0.2, 0.25) is 0 Å². The second kappa shape index (κ2) is 10.5. The highest BCUT2D eigenvalue weighted by Gasteiger charge is 2.56. The van der Waals surface area contributed by atoms with Crippen LogP contribution < -0.4 is 14.7 Å². The van der Waals surface area contributed by atoms with Crippen molar-refractivity contribution in [1.29, 1.82) is 0 Å². The Kier molecular flexibility index (Phi) is 7.03. The van der Waals surface area contributed by atoms with Crippen LogP contribution in [0.4, 0.5) is 15.8 Å². The Morgan fingerprint density at radius 3 is 2.27 bits per heavy atom. The molecule has 3 aromatic rings. The lowest BCUT2D eigenvalue weighted by Crippen LogP contribution is -2.39. The van der Waals surface area contributed by atoms with E-state index in [9.17, 15) is 23.6 Å². The van der Waals surface area contributed by atoms with Crippen molar-refractivity contribution in [2.24, 2.45) is 5.92 Å². The predicted molar refractivity (Wildman–Crippen MR) is 154 cm³/mol. The lowest BCUT2D eigenvalue weighted by atomic mass is 9.83. The topological polar surface area (TPSA) is 82.9 Å². The van der Waals surface area contributed by atoms with Crippen LogP contribution in [0.15, 0.2) is 58.4 Å². The predicted octanol–water partition coefficient (Wildman–Crippen LogP) is 3.92. The van der Waals surface area contributed by atoms with Crippen molar-refractivity contribution < 1.29 is 18.8 Å². The third-order valence-corrected chi connectivity index (χ3v) is 10.5. The summed E-state index contributed by atoms with van der Waals surface area (Å²) in [5.74, 6) is -2.64.